The Morgan fingerprint density at radius 1 is 0.933 bits per heavy atom. The molecule has 6 rings (SSSR count). The third-order valence-corrected chi connectivity index (χ3v) is 5.36. The van der Waals surface area contributed by atoms with Crippen LogP contribution in [0.2, 0.25) is 0 Å². The van der Waals surface area contributed by atoms with Gasteiger partial charge in [-0.15, -0.1) is 0 Å². The molecule has 1 aliphatic rings. The second-order valence-corrected chi connectivity index (χ2v) is 7.54. The summed E-state index contributed by atoms with van der Waals surface area (Å²) in [6, 6.07) is 18.6. The number of hydrogen-bond acceptors (Lipinski definition) is 6. The minimum absolute atomic E-state index is 0.452. The van der Waals surface area contributed by atoms with Crippen LogP contribution in [0.15, 0.2) is 60.9 Å². The van der Waals surface area contributed by atoms with Gasteiger partial charge in [-0.05, 0) is 37.1 Å². The van der Waals surface area contributed by atoms with Crippen molar-refractivity contribution in [3.05, 3.63) is 60.9 Å². The second kappa shape index (κ2) is 6.55. The summed E-state index contributed by atoms with van der Waals surface area (Å²) in [5.41, 5.74) is 4.49. The number of rotatable bonds is 5. The first-order valence-corrected chi connectivity index (χ1v) is 10.0. The minimum Gasteiger partial charge on any atom is -0.365 e. The normalized spacial score (nSPS) is 13.8. The molecule has 0 bridgehead atoms. The maximum atomic E-state index is 4.79. The van der Waals surface area contributed by atoms with Crippen LogP contribution in [-0.4, -0.2) is 35.1 Å². The van der Waals surface area contributed by atoms with Crippen LogP contribution in [0.25, 0.3) is 27.9 Å². The van der Waals surface area contributed by atoms with Crippen molar-refractivity contribution in [2.24, 2.45) is 7.05 Å². The van der Waals surface area contributed by atoms with Gasteiger partial charge in [0, 0.05) is 18.8 Å². The van der Waals surface area contributed by atoms with Crippen molar-refractivity contribution in [1.29, 1.82) is 0 Å². The maximum Gasteiger partial charge on any atom is 0.233 e. The van der Waals surface area contributed by atoms with Crippen LogP contribution in [0.3, 0.4) is 0 Å². The number of anilines is 3. The number of para-hydroxylation sites is 3. The van der Waals surface area contributed by atoms with Crippen molar-refractivity contribution < 1.29 is 0 Å². The van der Waals surface area contributed by atoms with Crippen LogP contribution < -0.4 is 10.6 Å². The van der Waals surface area contributed by atoms with Crippen molar-refractivity contribution in [2.45, 2.75) is 18.9 Å². The van der Waals surface area contributed by atoms with Gasteiger partial charge >= 0.3 is 0 Å². The predicted molar refractivity (Wildman–Crippen MR) is 117 cm³/mol. The molecule has 0 aliphatic heterocycles. The molecule has 1 saturated carbocycles. The van der Waals surface area contributed by atoms with Crippen LogP contribution in [-0.2, 0) is 7.05 Å². The molecule has 8 nitrogen and oxygen atoms in total. The average Bonchev–Trinajstić information content (AvgIpc) is 3.40. The quantitative estimate of drug-likeness (QED) is 0.467. The summed E-state index contributed by atoms with van der Waals surface area (Å²) in [4.78, 5) is 18.8. The van der Waals surface area contributed by atoms with Crippen LogP contribution in [0.1, 0.15) is 12.8 Å². The molecule has 5 aromatic rings. The average molecular weight is 396 g/mol. The summed E-state index contributed by atoms with van der Waals surface area (Å²) >= 11 is 0. The molecule has 2 N–H and O–H groups in total. The SMILES string of the molecule is Cn1c(Nc2nc(NC3CC3)c3ncn(-c4ccccc4)c3n2)nc2ccccc21. The number of nitrogens with zero attached hydrogens (tertiary/aromatic N) is 6. The number of fused-ring (bicyclic) bond motifs is 2. The molecular weight excluding hydrogens is 376 g/mol. The van der Waals surface area contributed by atoms with E-state index in [-0.39, 0.29) is 0 Å². The van der Waals surface area contributed by atoms with Gasteiger partial charge in [-0.2, -0.15) is 9.97 Å². The monoisotopic (exact) mass is 396 g/mol. The van der Waals surface area contributed by atoms with Gasteiger partial charge in [-0.25, -0.2) is 9.97 Å². The van der Waals surface area contributed by atoms with Gasteiger partial charge in [-0.1, -0.05) is 30.3 Å². The summed E-state index contributed by atoms with van der Waals surface area (Å²) in [6.45, 7) is 0. The number of aromatic nitrogens is 6. The molecule has 2 aromatic carbocycles. The molecule has 0 saturated heterocycles. The van der Waals surface area contributed by atoms with E-state index in [0.717, 1.165) is 46.5 Å². The Hall–Kier alpha value is -3.94. The van der Waals surface area contributed by atoms with Gasteiger partial charge in [0.05, 0.1) is 11.0 Å². The van der Waals surface area contributed by atoms with Crippen molar-refractivity contribution >= 4 is 39.9 Å². The molecule has 0 unspecified atom stereocenters. The molecule has 3 aromatic heterocycles. The third kappa shape index (κ3) is 2.85. The predicted octanol–water partition coefficient (Wildman–Crippen LogP) is 4.02. The highest BCUT2D eigenvalue weighted by Crippen LogP contribution is 2.30. The van der Waals surface area contributed by atoms with Crippen molar-refractivity contribution in [2.75, 3.05) is 10.6 Å². The fourth-order valence-electron chi connectivity index (χ4n) is 3.61. The van der Waals surface area contributed by atoms with Crippen LogP contribution in [0.4, 0.5) is 17.7 Å². The van der Waals surface area contributed by atoms with E-state index in [0.29, 0.717) is 17.9 Å². The Labute approximate surface area is 172 Å². The first kappa shape index (κ1) is 17.0. The lowest BCUT2D eigenvalue weighted by atomic mass is 10.3. The van der Waals surface area contributed by atoms with Gasteiger partial charge in [0.25, 0.3) is 0 Å². The summed E-state index contributed by atoms with van der Waals surface area (Å²) in [5, 5.41) is 6.80. The largest absolute Gasteiger partial charge is 0.365 e. The fourth-order valence-corrected chi connectivity index (χ4v) is 3.61. The Morgan fingerprint density at radius 3 is 2.53 bits per heavy atom. The molecule has 0 spiro atoms. The number of aryl methyl sites for hydroxylation is 1. The maximum absolute atomic E-state index is 4.79. The molecule has 1 fully saturated rings. The Bertz CT molecular complexity index is 1360. The Morgan fingerprint density at radius 2 is 1.73 bits per heavy atom. The molecule has 8 heteroatoms. The first-order chi connectivity index (χ1) is 14.8. The zero-order valence-corrected chi connectivity index (χ0v) is 16.4. The van der Waals surface area contributed by atoms with Crippen LogP contribution >= 0.6 is 0 Å². The van der Waals surface area contributed by atoms with Crippen molar-refractivity contribution in [3.63, 3.8) is 0 Å². The highest BCUT2D eigenvalue weighted by molar-refractivity contribution is 5.86. The lowest BCUT2D eigenvalue weighted by Crippen LogP contribution is -2.09. The number of benzene rings is 2. The molecule has 0 amide bonds. The van der Waals surface area contributed by atoms with Gasteiger partial charge in [0.1, 0.15) is 6.33 Å². The van der Waals surface area contributed by atoms with Crippen LogP contribution in [0, 0.1) is 0 Å². The van der Waals surface area contributed by atoms with Gasteiger partial charge < -0.3 is 9.88 Å². The Balaban J connectivity index is 1.48. The Kier molecular flexibility index (Phi) is 3.70. The number of imidazole rings is 2. The van der Waals surface area contributed by atoms with Gasteiger partial charge in [0.15, 0.2) is 17.0 Å². The van der Waals surface area contributed by atoms with E-state index in [1.165, 1.54) is 0 Å². The van der Waals surface area contributed by atoms with Gasteiger partial charge in [0.2, 0.25) is 11.9 Å². The third-order valence-electron chi connectivity index (χ3n) is 5.36. The first-order valence-electron chi connectivity index (χ1n) is 10.0. The molecular formula is C22H20N8. The fraction of sp³-hybridized carbons (Fsp3) is 0.182. The smallest absolute Gasteiger partial charge is 0.233 e. The standard InChI is InChI=1S/C22H20N8/c1-29-17-10-6-5-9-16(17)25-22(29)28-21-26-19(24-14-11-12-14)18-20(27-21)30(13-23-18)15-7-3-2-4-8-15/h2-10,13-14H,11-12H2,1H3,(H2,24,25,26,27,28). The lowest BCUT2D eigenvalue weighted by molar-refractivity contribution is 0.949. The van der Waals surface area contributed by atoms with Gasteiger partial charge in [-0.3, -0.25) is 9.88 Å². The molecule has 3 heterocycles. The minimum atomic E-state index is 0.452. The van der Waals surface area contributed by atoms with Crippen LogP contribution in [0.5, 0.6) is 0 Å². The van der Waals surface area contributed by atoms with E-state index in [1.54, 1.807) is 6.33 Å². The van der Waals surface area contributed by atoms with E-state index < -0.39 is 0 Å². The lowest BCUT2D eigenvalue weighted by Gasteiger charge is -2.10. The summed E-state index contributed by atoms with van der Waals surface area (Å²) in [6.07, 6.45) is 4.10. The zero-order chi connectivity index (χ0) is 20.1. The molecule has 0 radical (unpaired) electrons. The summed E-state index contributed by atoms with van der Waals surface area (Å²) < 4.78 is 3.99. The highest BCUT2D eigenvalue weighted by atomic mass is 15.3. The summed E-state index contributed by atoms with van der Waals surface area (Å²) in [5.74, 6) is 1.93. The zero-order valence-electron chi connectivity index (χ0n) is 16.4. The topological polar surface area (TPSA) is 85.5 Å². The molecule has 1 aliphatic carbocycles. The van der Waals surface area contributed by atoms with Crippen molar-refractivity contribution in [3.8, 4) is 5.69 Å². The molecule has 0 atom stereocenters. The van der Waals surface area contributed by atoms with E-state index in [1.807, 2.05) is 70.8 Å². The number of hydrogen-bond donors (Lipinski definition) is 2. The van der Waals surface area contributed by atoms with E-state index in [9.17, 15) is 0 Å². The van der Waals surface area contributed by atoms with Crippen molar-refractivity contribution in [1.82, 2.24) is 29.1 Å². The number of nitrogens with one attached hydrogen (secondary N) is 2. The molecule has 30 heavy (non-hydrogen) atoms. The van der Waals surface area contributed by atoms with E-state index >= 15 is 0 Å². The van der Waals surface area contributed by atoms with E-state index in [4.69, 9.17) is 9.97 Å². The highest BCUT2D eigenvalue weighted by Gasteiger charge is 2.24. The molecule has 148 valence electrons. The summed E-state index contributed by atoms with van der Waals surface area (Å²) in [7, 11) is 1.98. The second-order valence-electron chi connectivity index (χ2n) is 7.54. The van der Waals surface area contributed by atoms with E-state index in [2.05, 4.69) is 20.6 Å².